The second-order valence-corrected chi connectivity index (χ2v) is 6.32. The van der Waals surface area contributed by atoms with Crippen molar-refractivity contribution in [2.24, 2.45) is 5.92 Å². The molecule has 0 aromatic carbocycles. The van der Waals surface area contributed by atoms with Gasteiger partial charge in [0, 0.05) is 31.7 Å². The predicted octanol–water partition coefficient (Wildman–Crippen LogP) is 0.686. The van der Waals surface area contributed by atoms with Gasteiger partial charge in [-0.3, -0.25) is 9.69 Å². The van der Waals surface area contributed by atoms with Crippen LogP contribution < -0.4 is 5.32 Å². The fourth-order valence-corrected chi connectivity index (χ4v) is 3.31. The van der Waals surface area contributed by atoms with Crippen molar-refractivity contribution in [2.75, 3.05) is 51.3 Å². The number of pyridine rings is 1. The molecule has 7 nitrogen and oxygen atoms in total. The van der Waals surface area contributed by atoms with Gasteiger partial charge >= 0.3 is 5.97 Å². The van der Waals surface area contributed by atoms with E-state index in [1.54, 1.807) is 6.20 Å². The Bertz CT molecular complexity index is 527. The first-order chi connectivity index (χ1) is 11.2. The van der Waals surface area contributed by atoms with E-state index in [0.29, 0.717) is 38.8 Å². The van der Waals surface area contributed by atoms with Gasteiger partial charge in [0.2, 0.25) is 0 Å². The van der Waals surface area contributed by atoms with Gasteiger partial charge in [0.15, 0.2) is 0 Å². The molecule has 0 bridgehead atoms. The molecular formula is C16H23N3O4. The molecule has 2 aliphatic heterocycles. The molecule has 23 heavy (non-hydrogen) atoms. The van der Waals surface area contributed by atoms with Crippen molar-refractivity contribution < 1.29 is 19.4 Å². The molecule has 0 saturated carbocycles. The summed E-state index contributed by atoms with van der Waals surface area (Å²) in [6, 6.07) is 5.78. The van der Waals surface area contributed by atoms with Gasteiger partial charge < -0.3 is 19.9 Å². The van der Waals surface area contributed by atoms with E-state index in [1.807, 2.05) is 23.1 Å². The highest BCUT2D eigenvalue weighted by Gasteiger charge is 2.43. The lowest BCUT2D eigenvalue weighted by Crippen LogP contribution is -2.45. The molecule has 2 N–H and O–H groups in total. The lowest BCUT2D eigenvalue weighted by Gasteiger charge is -2.30. The average Bonchev–Trinajstić information content (AvgIpc) is 2.82. The number of hydrogen-bond donors (Lipinski definition) is 2. The Morgan fingerprint density at radius 2 is 2.43 bits per heavy atom. The van der Waals surface area contributed by atoms with Crippen LogP contribution in [-0.4, -0.2) is 72.6 Å². The van der Waals surface area contributed by atoms with Crippen LogP contribution in [0.1, 0.15) is 6.42 Å². The predicted molar refractivity (Wildman–Crippen MR) is 84.4 cm³/mol. The molecule has 126 valence electrons. The van der Waals surface area contributed by atoms with Crippen LogP contribution in [0.2, 0.25) is 0 Å². The number of rotatable bonds is 5. The highest BCUT2D eigenvalue weighted by Crippen LogP contribution is 2.32. The summed E-state index contributed by atoms with van der Waals surface area (Å²) < 4.78 is 11.7. The zero-order valence-corrected chi connectivity index (χ0v) is 13.1. The van der Waals surface area contributed by atoms with Gasteiger partial charge in [-0.25, -0.2) is 4.98 Å². The Hall–Kier alpha value is -1.70. The van der Waals surface area contributed by atoms with Crippen molar-refractivity contribution in [1.82, 2.24) is 9.88 Å². The lowest BCUT2D eigenvalue weighted by molar-refractivity contribution is -0.139. The maximum atomic E-state index is 11.0. The van der Waals surface area contributed by atoms with Gasteiger partial charge in [0.05, 0.1) is 26.4 Å². The molecular weight excluding hydrogens is 298 g/mol. The maximum absolute atomic E-state index is 11.0. The molecule has 0 aliphatic carbocycles. The molecule has 7 heteroatoms. The van der Waals surface area contributed by atoms with Crippen molar-refractivity contribution in [2.45, 2.75) is 12.0 Å². The van der Waals surface area contributed by atoms with Gasteiger partial charge in [0.25, 0.3) is 0 Å². The van der Waals surface area contributed by atoms with Gasteiger partial charge in [-0.1, -0.05) is 6.07 Å². The fraction of sp³-hybridized carbons (Fsp3) is 0.625. The highest BCUT2D eigenvalue weighted by atomic mass is 16.5. The van der Waals surface area contributed by atoms with Crippen LogP contribution in [0.5, 0.6) is 0 Å². The molecule has 1 spiro atoms. The molecule has 2 aliphatic rings. The van der Waals surface area contributed by atoms with Crippen LogP contribution in [0.25, 0.3) is 0 Å². The Kier molecular flexibility index (Phi) is 5.09. The number of carboxylic acid groups (broad SMARTS) is 1. The summed E-state index contributed by atoms with van der Waals surface area (Å²) in [7, 11) is 0. The normalized spacial score (nSPS) is 28.6. The Morgan fingerprint density at radius 1 is 1.52 bits per heavy atom. The number of carboxylic acids is 1. The molecule has 3 heterocycles. The van der Waals surface area contributed by atoms with Crippen LogP contribution in [0.15, 0.2) is 24.4 Å². The minimum absolute atomic E-state index is 0.0331. The standard InChI is InChI=1S/C16H23N3O4/c20-15(21)9-19-5-6-22-12-16(11-19)7-13(10-23-16)8-18-14-3-1-2-4-17-14/h1-4,13H,5-12H2,(H,17,18)(H,20,21). The lowest BCUT2D eigenvalue weighted by atomic mass is 9.94. The van der Waals surface area contributed by atoms with Crippen LogP contribution in [0.3, 0.4) is 0 Å². The molecule has 0 amide bonds. The SMILES string of the molecule is O=C(O)CN1CCOCC2(CC(CNc3ccccn3)CO2)C1. The number of aromatic nitrogens is 1. The first kappa shape index (κ1) is 16.2. The van der Waals surface area contributed by atoms with E-state index in [1.165, 1.54) is 0 Å². The number of aliphatic carboxylic acids is 1. The number of anilines is 1. The molecule has 1 aromatic rings. The Morgan fingerprint density at radius 3 is 3.22 bits per heavy atom. The van der Waals surface area contributed by atoms with Gasteiger partial charge in [-0.15, -0.1) is 0 Å². The number of carbonyl (C=O) groups is 1. The molecule has 2 fully saturated rings. The third kappa shape index (κ3) is 4.40. The Labute approximate surface area is 135 Å². The third-order valence-corrected chi connectivity index (χ3v) is 4.31. The van der Waals surface area contributed by atoms with Crippen LogP contribution >= 0.6 is 0 Å². The summed E-state index contributed by atoms with van der Waals surface area (Å²) in [6.07, 6.45) is 2.63. The average molecular weight is 321 g/mol. The molecule has 2 saturated heterocycles. The van der Waals surface area contributed by atoms with E-state index < -0.39 is 5.97 Å². The maximum Gasteiger partial charge on any atom is 0.317 e. The van der Waals surface area contributed by atoms with Crippen molar-refractivity contribution in [3.8, 4) is 0 Å². The topological polar surface area (TPSA) is 83.9 Å². The highest BCUT2D eigenvalue weighted by molar-refractivity contribution is 5.69. The second-order valence-electron chi connectivity index (χ2n) is 6.32. The first-order valence-corrected chi connectivity index (χ1v) is 7.96. The summed E-state index contributed by atoms with van der Waals surface area (Å²) in [6.45, 7) is 3.80. The number of nitrogens with zero attached hydrogens (tertiary/aromatic N) is 2. The van der Waals surface area contributed by atoms with E-state index in [9.17, 15) is 4.79 Å². The number of hydrogen-bond acceptors (Lipinski definition) is 6. The zero-order valence-electron chi connectivity index (χ0n) is 13.1. The number of ether oxygens (including phenoxy) is 2. The van der Waals surface area contributed by atoms with E-state index >= 15 is 0 Å². The molecule has 2 atom stereocenters. The number of nitrogens with one attached hydrogen (secondary N) is 1. The van der Waals surface area contributed by atoms with Crippen molar-refractivity contribution in [1.29, 1.82) is 0 Å². The zero-order chi connectivity index (χ0) is 16.1. The van der Waals surface area contributed by atoms with Gasteiger partial charge in [-0.2, -0.15) is 0 Å². The van der Waals surface area contributed by atoms with Gasteiger partial charge in [-0.05, 0) is 18.6 Å². The van der Waals surface area contributed by atoms with Crippen molar-refractivity contribution in [3.63, 3.8) is 0 Å². The minimum atomic E-state index is -0.812. The molecule has 3 rings (SSSR count). The molecule has 1 aromatic heterocycles. The second kappa shape index (κ2) is 7.25. The summed E-state index contributed by atoms with van der Waals surface area (Å²) >= 11 is 0. The van der Waals surface area contributed by atoms with E-state index in [-0.39, 0.29) is 12.1 Å². The minimum Gasteiger partial charge on any atom is -0.480 e. The van der Waals surface area contributed by atoms with Crippen LogP contribution in [-0.2, 0) is 14.3 Å². The fourth-order valence-electron chi connectivity index (χ4n) is 3.31. The summed E-state index contributed by atoms with van der Waals surface area (Å²) in [5, 5.41) is 12.3. The summed E-state index contributed by atoms with van der Waals surface area (Å²) in [5.41, 5.74) is -0.386. The van der Waals surface area contributed by atoms with Crippen molar-refractivity contribution >= 4 is 11.8 Å². The first-order valence-electron chi connectivity index (χ1n) is 7.96. The monoisotopic (exact) mass is 321 g/mol. The molecule has 2 unspecified atom stereocenters. The largest absolute Gasteiger partial charge is 0.480 e. The van der Waals surface area contributed by atoms with E-state index in [0.717, 1.165) is 18.8 Å². The van der Waals surface area contributed by atoms with Crippen LogP contribution in [0, 0.1) is 5.92 Å². The van der Waals surface area contributed by atoms with E-state index in [4.69, 9.17) is 14.6 Å². The molecule has 0 radical (unpaired) electrons. The van der Waals surface area contributed by atoms with E-state index in [2.05, 4.69) is 10.3 Å². The van der Waals surface area contributed by atoms with Gasteiger partial charge in [0.1, 0.15) is 11.4 Å². The Balaban J connectivity index is 1.55. The summed E-state index contributed by atoms with van der Waals surface area (Å²) in [5.74, 6) is 0.414. The smallest absolute Gasteiger partial charge is 0.317 e. The third-order valence-electron chi connectivity index (χ3n) is 4.31. The quantitative estimate of drug-likeness (QED) is 0.825. The van der Waals surface area contributed by atoms with Crippen LogP contribution in [0.4, 0.5) is 5.82 Å². The summed E-state index contributed by atoms with van der Waals surface area (Å²) in [4.78, 5) is 17.1. The van der Waals surface area contributed by atoms with Crippen molar-refractivity contribution in [3.05, 3.63) is 24.4 Å².